The molecule has 1 aromatic carbocycles. The van der Waals surface area contributed by atoms with Crippen molar-refractivity contribution in [1.82, 2.24) is 4.31 Å². The molecule has 4 nitrogen and oxygen atoms in total. The van der Waals surface area contributed by atoms with Gasteiger partial charge in [-0.25, -0.2) is 12.7 Å². The van der Waals surface area contributed by atoms with E-state index in [0.29, 0.717) is 24.5 Å². The molecule has 0 unspecified atom stereocenters. The third kappa shape index (κ3) is 4.09. The Bertz CT molecular complexity index is 708. The Morgan fingerprint density at radius 3 is 2.45 bits per heavy atom. The minimum atomic E-state index is -3.41. The lowest BCUT2D eigenvalue weighted by atomic mass is 10.3. The van der Waals surface area contributed by atoms with Gasteiger partial charge in [-0.05, 0) is 38.5 Å². The molecule has 0 saturated heterocycles. The van der Waals surface area contributed by atoms with Gasteiger partial charge in [0.1, 0.15) is 5.75 Å². The van der Waals surface area contributed by atoms with Crippen molar-refractivity contribution in [2.75, 3.05) is 20.2 Å². The van der Waals surface area contributed by atoms with Gasteiger partial charge in [-0.1, -0.05) is 18.2 Å². The molecular weight excluding hydrogens is 318 g/mol. The third-order valence-corrected chi connectivity index (χ3v) is 6.39. The van der Waals surface area contributed by atoms with E-state index < -0.39 is 10.0 Å². The first kappa shape index (κ1) is 17.0. The number of benzene rings is 1. The van der Waals surface area contributed by atoms with Crippen LogP contribution in [0.1, 0.15) is 16.2 Å². The summed E-state index contributed by atoms with van der Waals surface area (Å²) in [7, 11) is -1.79. The number of thiophene rings is 1. The van der Waals surface area contributed by atoms with Gasteiger partial charge in [0.15, 0.2) is 0 Å². The lowest BCUT2D eigenvalue weighted by Gasteiger charge is -2.17. The van der Waals surface area contributed by atoms with Gasteiger partial charge in [-0.2, -0.15) is 0 Å². The Kier molecular flexibility index (Phi) is 5.61. The maximum Gasteiger partial charge on any atom is 0.243 e. The molecule has 0 radical (unpaired) electrons. The summed E-state index contributed by atoms with van der Waals surface area (Å²) < 4.78 is 32.0. The van der Waals surface area contributed by atoms with Crippen LogP contribution in [0.4, 0.5) is 0 Å². The molecule has 2 aromatic rings. The minimum absolute atomic E-state index is 0.418. The molecule has 0 bridgehead atoms. The molecule has 0 fully saturated rings. The second-order valence-electron chi connectivity index (χ2n) is 5.12. The van der Waals surface area contributed by atoms with Crippen LogP contribution in [0.2, 0.25) is 0 Å². The number of hydrogen-bond donors (Lipinski definition) is 0. The number of rotatable bonds is 7. The van der Waals surface area contributed by atoms with Crippen LogP contribution < -0.4 is 4.74 Å². The zero-order chi connectivity index (χ0) is 16.2. The molecule has 0 aliphatic carbocycles. The van der Waals surface area contributed by atoms with Crippen LogP contribution in [0.25, 0.3) is 0 Å². The maximum atomic E-state index is 12.5. The normalized spacial score (nSPS) is 11.8. The molecule has 0 aliphatic heterocycles. The summed E-state index contributed by atoms with van der Waals surface area (Å²) in [4.78, 5) is 2.27. The second-order valence-corrected chi connectivity index (χ2v) is 8.59. The monoisotopic (exact) mass is 339 g/mol. The molecule has 0 N–H and O–H groups in total. The predicted molar refractivity (Wildman–Crippen MR) is 90.2 cm³/mol. The number of nitrogens with zero attached hydrogens (tertiary/aromatic N) is 1. The Morgan fingerprint density at radius 1 is 1.18 bits per heavy atom. The predicted octanol–water partition coefficient (Wildman–Crippen LogP) is 3.45. The van der Waals surface area contributed by atoms with E-state index in [1.165, 1.54) is 15.6 Å². The van der Waals surface area contributed by atoms with E-state index in [9.17, 15) is 8.42 Å². The molecular formula is C16H21NO3S2. The fourth-order valence-corrected chi connectivity index (χ4v) is 4.87. The van der Waals surface area contributed by atoms with Crippen molar-refractivity contribution in [2.45, 2.75) is 25.2 Å². The zero-order valence-electron chi connectivity index (χ0n) is 13.1. The van der Waals surface area contributed by atoms with Crippen LogP contribution in [0.5, 0.6) is 5.75 Å². The first-order valence-electron chi connectivity index (χ1n) is 7.12. The smallest absolute Gasteiger partial charge is 0.243 e. The maximum absolute atomic E-state index is 12.5. The zero-order valence-corrected chi connectivity index (χ0v) is 14.7. The molecule has 22 heavy (non-hydrogen) atoms. The van der Waals surface area contributed by atoms with Crippen LogP contribution in [0.15, 0.2) is 41.3 Å². The summed E-state index contributed by atoms with van der Waals surface area (Å²) in [5.41, 5.74) is 0. The van der Waals surface area contributed by atoms with Crippen molar-refractivity contribution in [2.24, 2.45) is 0 Å². The Hall–Kier alpha value is -1.37. The summed E-state index contributed by atoms with van der Waals surface area (Å²) in [6.45, 7) is 4.69. The van der Waals surface area contributed by atoms with E-state index in [-0.39, 0.29) is 0 Å². The van der Waals surface area contributed by atoms with Gasteiger partial charge in [0.2, 0.25) is 10.0 Å². The fraction of sp³-hybridized carbons (Fsp3) is 0.375. The highest BCUT2D eigenvalue weighted by Crippen LogP contribution is 2.27. The van der Waals surface area contributed by atoms with Gasteiger partial charge in [-0.15, -0.1) is 11.3 Å². The average molecular weight is 339 g/mol. The summed E-state index contributed by atoms with van der Waals surface area (Å²) in [6.07, 6.45) is 0.646. The summed E-state index contributed by atoms with van der Waals surface area (Å²) in [5.74, 6) is 0.803. The summed E-state index contributed by atoms with van der Waals surface area (Å²) in [5, 5.41) is 0. The molecule has 2 rings (SSSR count). The van der Waals surface area contributed by atoms with Crippen molar-refractivity contribution in [3.05, 3.63) is 46.2 Å². The lowest BCUT2D eigenvalue weighted by molar-refractivity contribution is 0.296. The molecule has 1 heterocycles. The van der Waals surface area contributed by atoms with Crippen LogP contribution in [-0.2, 0) is 10.0 Å². The van der Waals surface area contributed by atoms with Crippen molar-refractivity contribution in [3.63, 3.8) is 0 Å². The first-order valence-corrected chi connectivity index (χ1v) is 9.38. The summed E-state index contributed by atoms with van der Waals surface area (Å²) in [6, 6.07) is 11.3. The van der Waals surface area contributed by atoms with Gasteiger partial charge in [0.25, 0.3) is 0 Å². The SMILES string of the molecule is Cc1cc(S(=O)(=O)N(C)CCCOc2ccccc2)c(C)s1. The highest BCUT2D eigenvalue weighted by Gasteiger charge is 2.23. The summed E-state index contributed by atoms with van der Waals surface area (Å²) >= 11 is 1.51. The number of aryl methyl sites for hydroxylation is 2. The first-order chi connectivity index (χ1) is 10.4. The van der Waals surface area contributed by atoms with Gasteiger partial charge >= 0.3 is 0 Å². The van der Waals surface area contributed by atoms with Crippen molar-refractivity contribution in [1.29, 1.82) is 0 Å². The number of ether oxygens (including phenoxy) is 1. The Balaban J connectivity index is 1.89. The Morgan fingerprint density at radius 2 is 1.86 bits per heavy atom. The number of para-hydroxylation sites is 1. The fourth-order valence-electron chi connectivity index (χ4n) is 2.15. The van der Waals surface area contributed by atoms with E-state index in [1.54, 1.807) is 13.1 Å². The largest absolute Gasteiger partial charge is 0.494 e. The molecule has 6 heteroatoms. The number of hydrogen-bond acceptors (Lipinski definition) is 4. The standard InChI is InChI=1S/C16H21NO3S2/c1-13-12-16(14(2)21-13)22(18,19)17(3)10-7-11-20-15-8-5-4-6-9-15/h4-6,8-9,12H,7,10-11H2,1-3H3. The van der Waals surface area contributed by atoms with Gasteiger partial charge < -0.3 is 4.74 Å². The molecule has 0 spiro atoms. The Labute approximate surface area is 136 Å². The van der Waals surface area contributed by atoms with Gasteiger partial charge in [-0.3, -0.25) is 0 Å². The van der Waals surface area contributed by atoms with Crippen LogP contribution in [0.3, 0.4) is 0 Å². The molecule has 0 saturated carbocycles. The van der Waals surface area contributed by atoms with E-state index >= 15 is 0 Å². The molecule has 1 aromatic heterocycles. The molecule has 120 valence electrons. The highest BCUT2D eigenvalue weighted by atomic mass is 32.2. The van der Waals surface area contributed by atoms with Crippen molar-refractivity contribution in [3.8, 4) is 5.75 Å². The average Bonchev–Trinajstić information content (AvgIpc) is 2.84. The van der Waals surface area contributed by atoms with E-state index in [1.807, 2.05) is 44.2 Å². The number of sulfonamides is 1. The highest BCUT2D eigenvalue weighted by molar-refractivity contribution is 7.89. The topological polar surface area (TPSA) is 46.6 Å². The van der Waals surface area contributed by atoms with E-state index in [0.717, 1.165) is 15.5 Å². The van der Waals surface area contributed by atoms with Crippen LogP contribution in [-0.4, -0.2) is 32.9 Å². The minimum Gasteiger partial charge on any atom is -0.494 e. The van der Waals surface area contributed by atoms with Gasteiger partial charge in [0, 0.05) is 23.3 Å². The lowest BCUT2D eigenvalue weighted by Crippen LogP contribution is -2.29. The molecule has 0 atom stereocenters. The van der Waals surface area contributed by atoms with Gasteiger partial charge in [0.05, 0.1) is 11.5 Å². The molecule has 0 amide bonds. The second kappa shape index (κ2) is 7.26. The van der Waals surface area contributed by atoms with E-state index in [4.69, 9.17) is 4.74 Å². The van der Waals surface area contributed by atoms with Crippen molar-refractivity contribution < 1.29 is 13.2 Å². The van der Waals surface area contributed by atoms with E-state index in [2.05, 4.69) is 0 Å². The third-order valence-electron chi connectivity index (χ3n) is 3.31. The van der Waals surface area contributed by atoms with Crippen LogP contribution >= 0.6 is 11.3 Å². The van der Waals surface area contributed by atoms with Crippen LogP contribution in [0, 0.1) is 13.8 Å². The molecule has 0 aliphatic rings. The quantitative estimate of drug-likeness (QED) is 0.726. The van der Waals surface area contributed by atoms with Crippen molar-refractivity contribution >= 4 is 21.4 Å².